The molecule has 0 spiro atoms. The third-order valence-electron chi connectivity index (χ3n) is 2.78. The number of carbonyl (C=O) groups is 1. The molecule has 3 rings (SSSR count). The molecule has 2 aromatic heterocycles. The molecule has 0 atom stereocenters. The molecule has 0 bridgehead atoms. The number of rotatable bonds is 3. The highest BCUT2D eigenvalue weighted by Gasteiger charge is 2.11. The first-order chi connectivity index (χ1) is 9.65. The molecule has 0 aliphatic carbocycles. The summed E-state index contributed by atoms with van der Waals surface area (Å²) in [5.74, 6) is -0.159. The van der Waals surface area contributed by atoms with E-state index in [0.29, 0.717) is 11.6 Å². The molecule has 0 amide bonds. The van der Waals surface area contributed by atoms with Crippen LogP contribution in [0.15, 0.2) is 48.8 Å². The highest BCUT2D eigenvalue weighted by Crippen LogP contribution is 2.26. The summed E-state index contributed by atoms with van der Waals surface area (Å²) < 4.78 is 7.46. The summed E-state index contributed by atoms with van der Waals surface area (Å²) in [6.07, 6.45) is 3.42. The molecule has 0 saturated carbocycles. The van der Waals surface area contributed by atoms with E-state index in [4.69, 9.17) is 21.4 Å². The fourth-order valence-corrected chi connectivity index (χ4v) is 2.06. The second-order valence-corrected chi connectivity index (χ2v) is 4.48. The van der Waals surface area contributed by atoms with Crippen molar-refractivity contribution >= 4 is 23.2 Å². The number of fused-ring (bicyclic) bond motifs is 1. The summed E-state index contributed by atoms with van der Waals surface area (Å²) in [4.78, 5) is 15.2. The van der Waals surface area contributed by atoms with E-state index in [9.17, 15) is 4.79 Å². The summed E-state index contributed by atoms with van der Waals surface area (Å²) in [6.45, 7) is 0. The Bertz CT molecular complexity index is 798. The van der Waals surface area contributed by atoms with Crippen LogP contribution < -0.4 is 4.74 Å². The van der Waals surface area contributed by atoms with Crippen LogP contribution in [0.1, 0.15) is 10.4 Å². The molecule has 0 fully saturated rings. The number of nitrogens with zero attached hydrogens (tertiary/aromatic N) is 2. The number of imidazole rings is 1. The van der Waals surface area contributed by atoms with Crippen molar-refractivity contribution in [3.05, 3.63) is 59.4 Å². The molecule has 5 nitrogen and oxygen atoms in total. The Labute approximate surface area is 119 Å². The molecule has 1 N–H and O–H groups in total. The van der Waals surface area contributed by atoms with Gasteiger partial charge in [0.05, 0.1) is 10.6 Å². The first kappa shape index (κ1) is 12.5. The van der Waals surface area contributed by atoms with Crippen LogP contribution >= 0.6 is 11.6 Å². The molecule has 100 valence electrons. The number of benzene rings is 1. The predicted molar refractivity (Wildman–Crippen MR) is 73.7 cm³/mol. The Kier molecular flexibility index (Phi) is 3.04. The molecule has 6 heteroatoms. The minimum atomic E-state index is -1.10. The highest BCUT2D eigenvalue weighted by molar-refractivity contribution is 6.33. The molecule has 2 heterocycles. The number of hydrogen-bond acceptors (Lipinski definition) is 3. The van der Waals surface area contributed by atoms with E-state index in [1.54, 1.807) is 28.9 Å². The molecule has 3 aromatic rings. The molecule has 0 unspecified atom stereocenters. The van der Waals surface area contributed by atoms with E-state index in [1.165, 1.54) is 12.1 Å². The Balaban J connectivity index is 2.01. The van der Waals surface area contributed by atoms with Gasteiger partial charge in [-0.3, -0.25) is 4.40 Å². The molecule has 0 aliphatic heterocycles. The summed E-state index contributed by atoms with van der Waals surface area (Å²) in [5, 5.41) is 9.21. The summed E-state index contributed by atoms with van der Waals surface area (Å²) in [5.41, 5.74) is 0.747. The number of carboxylic acids is 1. The van der Waals surface area contributed by atoms with Crippen molar-refractivity contribution in [2.24, 2.45) is 0 Å². The summed E-state index contributed by atoms with van der Waals surface area (Å²) in [7, 11) is 0. The van der Waals surface area contributed by atoms with Crippen molar-refractivity contribution in [1.82, 2.24) is 9.38 Å². The quantitative estimate of drug-likeness (QED) is 0.801. The smallest absolute Gasteiger partial charge is 0.337 e. The SMILES string of the molecule is O=C(O)c1cc(Oc2cccc3nccn23)ccc1Cl. The second-order valence-electron chi connectivity index (χ2n) is 4.07. The average molecular weight is 289 g/mol. The van der Waals surface area contributed by atoms with Gasteiger partial charge in [-0.2, -0.15) is 0 Å². The zero-order chi connectivity index (χ0) is 14.1. The lowest BCUT2D eigenvalue weighted by atomic mass is 10.2. The molecular weight excluding hydrogens is 280 g/mol. The minimum Gasteiger partial charge on any atom is -0.478 e. The van der Waals surface area contributed by atoms with Crippen LogP contribution in [0.5, 0.6) is 11.6 Å². The van der Waals surface area contributed by atoms with Gasteiger partial charge in [0.15, 0.2) is 0 Å². The van der Waals surface area contributed by atoms with Gasteiger partial charge in [-0.1, -0.05) is 17.7 Å². The Morgan fingerprint density at radius 2 is 2.15 bits per heavy atom. The second kappa shape index (κ2) is 4.86. The van der Waals surface area contributed by atoms with Crippen molar-refractivity contribution < 1.29 is 14.6 Å². The van der Waals surface area contributed by atoms with Crippen molar-refractivity contribution in [2.75, 3.05) is 0 Å². The van der Waals surface area contributed by atoms with E-state index >= 15 is 0 Å². The molecule has 0 saturated heterocycles. The van der Waals surface area contributed by atoms with Gasteiger partial charge < -0.3 is 9.84 Å². The molecule has 0 aliphatic rings. The monoisotopic (exact) mass is 288 g/mol. The van der Waals surface area contributed by atoms with E-state index in [1.807, 2.05) is 12.1 Å². The van der Waals surface area contributed by atoms with E-state index < -0.39 is 5.97 Å². The number of pyridine rings is 1. The van der Waals surface area contributed by atoms with E-state index in [-0.39, 0.29) is 10.6 Å². The lowest BCUT2D eigenvalue weighted by Crippen LogP contribution is -1.99. The zero-order valence-corrected chi connectivity index (χ0v) is 10.9. The predicted octanol–water partition coefficient (Wildman–Crippen LogP) is 3.48. The average Bonchev–Trinajstić information content (AvgIpc) is 2.90. The minimum absolute atomic E-state index is 0.00183. The maximum atomic E-state index is 11.0. The zero-order valence-electron chi connectivity index (χ0n) is 10.2. The summed E-state index contributed by atoms with van der Waals surface area (Å²) >= 11 is 5.82. The van der Waals surface area contributed by atoms with Crippen molar-refractivity contribution in [1.29, 1.82) is 0 Å². The summed E-state index contributed by atoms with van der Waals surface area (Å²) in [6, 6.07) is 9.92. The van der Waals surface area contributed by atoms with Crippen LogP contribution in [0.3, 0.4) is 0 Å². The standard InChI is InChI=1S/C14H9ClN2O3/c15-11-5-4-9(8-10(11)14(18)19)20-13-3-1-2-12-16-6-7-17(12)13/h1-8H,(H,18,19). The first-order valence-corrected chi connectivity index (χ1v) is 6.16. The van der Waals surface area contributed by atoms with Gasteiger partial charge in [0, 0.05) is 12.4 Å². The van der Waals surface area contributed by atoms with Crippen molar-refractivity contribution in [3.63, 3.8) is 0 Å². The Hall–Kier alpha value is -2.53. The molecule has 1 aromatic carbocycles. The van der Waals surface area contributed by atoms with Crippen LogP contribution in [-0.4, -0.2) is 20.5 Å². The van der Waals surface area contributed by atoms with Gasteiger partial charge in [-0.15, -0.1) is 0 Å². The maximum Gasteiger partial charge on any atom is 0.337 e. The third kappa shape index (κ3) is 2.19. The van der Waals surface area contributed by atoms with E-state index in [0.717, 1.165) is 5.65 Å². The van der Waals surface area contributed by atoms with Crippen LogP contribution in [0, 0.1) is 0 Å². The highest BCUT2D eigenvalue weighted by atomic mass is 35.5. The van der Waals surface area contributed by atoms with E-state index in [2.05, 4.69) is 4.98 Å². The normalized spacial score (nSPS) is 10.7. The van der Waals surface area contributed by atoms with Crippen molar-refractivity contribution in [3.8, 4) is 11.6 Å². The maximum absolute atomic E-state index is 11.0. The Morgan fingerprint density at radius 1 is 1.30 bits per heavy atom. The van der Waals surface area contributed by atoms with Crippen molar-refractivity contribution in [2.45, 2.75) is 0 Å². The third-order valence-corrected chi connectivity index (χ3v) is 3.11. The van der Waals surface area contributed by atoms with Gasteiger partial charge in [-0.25, -0.2) is 9.78 Å². The van der Waals surface area contributed by atoms with Gasteiger partial charge in [-0.05, 0) is 30.3 Å². The molecule has 0 radical (unpaired) electrons. The van der Waals surface area contributed by atoms with Crippen LogP contribution in [-0.2, 0) is 0 Å². The number of ether oxygens (including phenoxy) is 1. The van der Waals surface area contributed by atoms with Gasteiger partial charge in [0.1, 0.15) is 11.4 Å². The number of halogens is 1. The fraction of sp³-hybridized carbons (Fsp3) is 0. The van der Waals surface area contributed by atoms with Gasteiger partial charge in [0.25, 0.3) is 0 Å². The lowest BCUT2D eigenvalue weighted by molar-refractivity contribution is 0.0696. The number of carboxylic acid groups (broad SMARTS) is 1. The first-order valence-electron chi connectivity index (χ1n) is 5.78. The number of hydrogen-bond donors (Lipinski definition) is 1. The van der Waals surface area contributed by atoms with Crippen LogP contribution in [0.25, 0.3) is 5.65 Å². The van der Waals surface area contributed by atoms with Crippen LogP contribution in [0.4, 0.5) is 0 Å². The van der Waals surface area contributed by atoms with Crippen LogP contribution in [0.2, 0.25) is 5.02 Å². The van der Waals surface area contributed by atoms with Gasteiger partial charge >= 0.3 is 5.97 Å². The van der Waals surface area contributed by atoms with Gasteiger partial charge in [0.2, 0.25) is 5.88 Å². The lowest BCUT2D eigenvalue weighted by Gasteiger charge is -2.09. The molecule has 20 heavy (non-hydrogen) atoms. The fourth-order valence-electron chi connectivity index (χ4n) is 1.86. The molecular formula is C14H9ClN2O3. The Morgan fingerprint density at radius 3 is 2.95 bits per heavy atom. The largest absolute Gasteiger partial charge is 0.478 e. The topological polar surface area (TPSA) is 63.8 Å². The number of aromatic nitrogens is 2. The number of aromatic carboxylic acids is 1.